The molecule has 0 spiro atoms. The number of ether oxygens (including phenoxy) is 1. The van der Waals surface area contributed by atoms with E-state index < -0.39 is 0 Å². The van der Waals surface area contributed by atoms with Gasteiger partial charge in [0.05, 0.1) is 18.8 Å². The summed E-state index contributed by atoms with van der Waals surface area (Å²) in [5.74, 6) is 0.608. The van der Waals surface area contributed by atoms with Crippen LogP contribution in [0.25, 0.3) is 0 Å². The molecule has 22 heavy (non-hydrogen) atoms. The van der Waals surface area contributed by atoms with Gasteiger partial charge in [0.1, 0.15) is 0 Å². The maximum Gasteiger partial charge on any atom is 0.191 e. The molecular formula is C17H30IN3O. The number of guanidine groups is 1. The van der Waals surface area contributed by atoms with E-state index in [-0.39, 0.29) is 29.6 Å². The molecular weight excluding hydrogens is 389 g/mol. The molecule has 5 heteroatoms. The Morgan fingerprint density at radius 2 is 1.77 bits per heavy atom. The maximum atomic E-state index is 5.99. The highest BCUT2D eigenvalue weighted by molar-refractivity contribution is 14.0. The number of halogens is 1. The lowest BCUT2D eigenvalue weighted by Gasteiger charge is -2.20. The van der Waals surface area contributed by atoms with Crippen LogP contribution in [-0.4, -0.2) is 29.6 Å². The van der Waals surface area contributed by atoms with Crippen molar-refractivity contribution in [2.24, 2.45) is 10.7 Å². The Kier molecular flexibility index (Phi) is 9.67. The fraction of sp³-hybridized carbons (Fsp3) is 0.588. The van der Waals surface area contributed by atoms with Gasteiger partial charge >= 0.3 is 0 Å². The highest BCUT2D eigenvalue weighted by Crippen LogP contribution is 2.13. The van der Waals surface area contributed by atoms with Gasteiger partial charge in [-0.3, -0.25) is 0 Å². The first kappa shape index (κ1) is 21.2. The van der Waals surface area contributed by atoms with Crippen molar-refractivity contribution in [3.63, 3.8) is 0 Å². The SMILES string of the molecule is CCN(CC)C(N)=NCc1cccc(COC(C)(C)C)c1.I. The lowest BCUT2D eigenvalue weighted by Crippen LogP contribution is -2.37. The number of nitrogens with two attached hydrogens (primary N) is 1. The number of aliphatic imine (C=N–C) groups is 1. The van der Waals surface area contributed by atoms with E-state index in [2.05, 4.69) is 57.8 Å². The minimum absolute atomic E-state index is 0. The van der Waals surface area contributed by atoms with Crippen molar-refractivity contribution in [1.82, 2.24) is 4.90 Å². The monoisotopic (exact) mass is 419 g/mol. The normalized spacial score (nSPS) is 12.0. The second kappa shape index (κ2) is 10.0. The van der Waals surface area contributed by atoms with Gasteiger partial charge in [0.25, 0.3) is 0 Å². The standard InChI is InChI=1S/C17H29N3O.HI/c1-6-20(7-2)16(18)19-12-14-9-8-10-15(11-14)13-21-17(3,4)5;/h8-11H,6-7,12-13H2,1-5H3,(H2,18,19);1H. The van der Waals surface area contributed by atoms with Crippen molar-refractivity contribution in [2.75, 3.05) is 13.1 Å². The molecule has 0 radical (unpaired) electrons. The molecule has 0 atom stereocenters. The van der Waals surface area contributed by atoms with Crippen LogP contribution in [0, 0.1) is 0 Å². The van der Waals surface area contributed by atoms with Crippen LogP contribution in [0.4, 0.5) is 0 Å². The molecule has 0 saturated heterocycles. The van der Waals surface area contributed by atoms with Gasteiger partial charge in [-0.25, -0.2) is 4.99 Å². The van der Waals surface area contributed by atoms with Gasteiger partial charge in [-0.1, -0.05) is 24.3 Å². The lowest BCUT2D eigenvalue weighted by atomic mass is 10.1. The van der Waals surface area contributed by atoms with E-state index in [1.54, 1.807) is 0 Å². The first-order chi connectivity index (χ1) is 9.85. The number of benzene rings is 1. The van der Waals surface area contributed by atoms with Gasteiger partial charge in [-0.2, -0.15) is 0 Å². The predicted octanol–water partition coefficient (Wildman–Crippen LogP) is 3.78. The number of rotatable bonds is 6. The van der Waals surface area contributed by atoms with Crippen LogP contribution >= 0.6 is 24.0 Å². The molecule has 0 amide bonds. The van der Waals surface area contributed by atoms with Crippen molar-refractivity contribution >= 4 is 29.9 Å². The lowest BCUT2D eigenvalue weighted by molar-refractivity contribution is -0.0149. The number of hydrogen-bond donors (Lipinski definition) is 1. The third-order valence-corrected chi connectivity index (χ3v) is 3.17. The predicted molar refractivity (Wildman–Crippen MR) is 105 cm³/mol. The van der Waals surface area contributed by atoms with Crippen molar-refractivity contribution in [2.45, 2.75) is 53.4 Å². The third-order valence-electron chi connectivity index (χ3n) is 3.17. The number of hydrogen-bond acceptors (Lipinski definition) is 2. The molecule has 2 N–H and O–H groups in total. The zero-order valence-corrected chi connectivity index (χ0v) is 16.8. The van der Waals surface area contributed by atoms with Crippen molar-refractivity contribution in [3.05, 3.63) is 35.4 Å². The summed E-state index contributed by atoms with van der Waals surface area (Å²) in [5.41, 5.74) is 8.19. The number of nitrogens with zero attached hydrogens (tertiary/aromatic N) is 2. The first-order valence-corrected chi connectivity index (χ1v) is 7.62. The zero-order chi connectivity index (χ0) is 15.9. The van der Waals surface area contributed by atoms with Gasteiger partial charge in [0.2, 0.25) is 0 Å². The van der Waals surface area contributed by atoms with Crippen LogP contribution in [0.2, 0.25) is 0 Å². The van der Waals surface area contributed by atoms with Gasteiger partial charge in [-0.05, 0) is 45.7 Å². The van der Waals surface area contributed by atoms with E-state index in [4.69, 9.17) is 10.5 Å². The minimum atomic E-state index is -0.124. The summed E-state index contributed by atoms with van der Waals surface area (Å²) < 4.78 is 5.80. The third kappa shape index (κ3) is 7.98. The Balaban J connectivity index is 0.00000441. The fourth-order valence-corrected chi connectivity index (χ4v) is 1.94. The molecule has 4 nitrogen and oxygen atoms in total. The molecule has 126 valence electrons. The van der Waals surface area contributed by atoms with Gasteiger partial charge in [0, 0.05) is 13.1 Å². The topological polar surface area (TPSA) is 50.8 Å². The van der Waals surface area contributed by atoms with E-state index in [1.165, 1.54) is 5.56 Å². The Hall–Kier alpha value is -0.820. The molecule has 0 aliphatic heterocycles. The molecule has 1 aromatic carbocycles. The molecule has 0 saturated carbocycles. The summed E-state index contributed by atoms with van der Waals surface area (Å²) in [6, 6.07) is 8.32. The van der Waals surface area contributed by atoms with Gasteiger partial charge < -0.3 is 15.4 Å². The van der Waals surface area contributed by atoms with Crippen LogP contribution in [0.5, 0.6) is 0 Å². The molecule has 1 aromatic rings. The molecule has 0 aromatic heterocycles. The summed E-state index contributed by atoms with van der Waals surface area (Å²) in [4.78, 5) is 6.51. The van der Waals surface area contributed by atoms with E-state index in [1.807, 2.05) is 11.0 Å². The van der Waals surface area contributed by atoms with E-state index in [9.17, 15) is 0 Å². The Morgan fingerprint density at radius 3 is 2.32 bits per heavy atom. The van der Waals surface area contributed by atoms with Crippen LogP contribution < -0.4 is 5.73 Å². The van der Waals surface area contributed by atoms with Crippen molar-refractivity contribution in [3.8, 4) is 0 Å². The molecule has 1 rings (SSSR count). The van der Waals surface area contributed by atoms with Crippen LogP contribution in [0.3, 0.4) is 0 Å². The summed E-state index contributed by atoms with van der Waals surface area (Å²) >= 11 is 0. The van der Waals surface area contributed by atoms with E-state index >= 15 is 0 Å². The quantitative estimate of drug-likeness (QED) is 0.434. The molecule has 0 aliphatic carbocycles. The second-order valence-corrected chi connectivity index (χ2v) is 6.07. The molecule has 0 fully saturated rings. The zero-order valence-electron chi connectivity index (χ0n) is 14.4. The largest absolute Gasteiger partial charge is 0.371 e. The Labute approximate surface area is 152 Å². The molecule has 0 unspecified atom stereocenters. The van der Waals surface area contributed by atoms with Crippen molar-refractivity contribution < 1.29 is 4.74 Å². The Morgan fingerprint density at radius 1 is 1.18 bits per heavy atom. The second-order valence-electron chi connectivity index (χ2n) is 6.07. The highest BCUT2D eigenvalue weighted by Gasteiger charge is 2.10. The minimum Gasteiger partial charge on any atom is -0.371 e. The maximum absolute atomic E-state index is 5.99. The smallest absolute Gasteiger partial charge is 0.191 e. The molecule has 0 heterocycles. The first-order valence-electron chi connectivity index (χ1n) is 7.62. The van der Waals surface area contributed by atoms with Crippen LogP contribution in [-0.2, 0) is 17.9 Å². The highest BCUT2D eigenvalue weighted by atomic mass is 127. The Bertz CT molecular complexity index is 465. The average Bonchev–Trinajstić information content (AvgIpc) is 2.44. The summed E-state index contributed by atoms with van der Waals surface area (Å²) in [7, 11) is 0. The van der Waals surface area contributed by atoms with Gasteiger partial charge in [-0.15, -0.1) is 24.0 Å². The average molecular weight is 419 g/mol. The molecule has 0 bridgehead atoms. The fourth-order valence-electron chi connectivity index (χ4n) is 1.94. The van der Waals surface area contributed by atoms with Gasteiger partial charge in [0.15, 0.2) is 5.96 Å². The van der Waals surface area contributed by atoms with E-state index in [0.717, 1.165) is 18.7 Å². The summed E-state index contributed by atoms with van der Waals surface area (Å²) in [5, 5.41) is 0. The van der Waals surface area contributed by atoms with Crippen LogP contribution in [0.1, 0.15) is 45.7 Å². The van der Waals surface area contributed by atoms with E-state index in [0.29, 0.717) is 19.1 Å². The summed E-state index contributed by atoms with van der Waals surface area (Å²) in [6.07, 6.45) is 0. The summed E-state index contributed by atoms with van der Waals surface area (Å²) in [6.45, 7) is 13.3. The van der Waals surface area contributed by atoms with Crippen molar-refractivity contribution in [1.29, 1.82) is 0 Å². The molecule has 0 aliphatic rings. The van der Waals surface area contributed by atoms with Crippen LogP contribution in [0.15, 0.2) is 29.3 Å².